The second-order valence-electron chi connectivity index (χ2n) is 12.1. The van der Waals surface area contributed by atoms with E-state index >= 15 is 0 Å². The van der Waals surface area contributed by atoms with E-state index in [4.69, 9.17) is 9.15 Å². The van der Waals surface area contributed by atoms with Crippen LogP contribution in [0, 0.1) is 0 Å². The molecule has 0 unspecified atom stereocenters. The molecule has 2 heteroatoms. The van der Waals surface area contributed by atoms with Crippen LogP contribution in [0.5, 0.6) is 11.5 Å². The van der Waals surface area contributed by atoms with Crippen LogP contribution >= 0.6 is 0 Å². The first-order valence-electron chi connectivity index (χ1n) is 15.7. The van der Waals surface area contributed by atoms with Crippen LogP contribution in [0.1, 0.15) is 0 Å². The average molecular weight is 587 g/mol. The molecule has 2 nitrogen and oxygen atoms in total. The summed E-state index contributed by atoms with van der Waals surface area (Å²) >= 11 is 0. The van der Waals surface area contributed by atoms with Crippen LogP contribution in [-0.2, 0) is 0 Å². The van der Waals surface area contributed by atoms with Crippen LogP contribution in [-0.4, -0.2) is 0 Å². The van der Waals surface area contributed by atoms with Gasteiger partial charge in [0.05, 0.1) is 0 Å². The normalized spacial score (nSPS) is 12.1. The summed E-state index contributed by atoms with van der Waals surface area (Å²) in [5, 5.41) is 7.05. The summed E-state index contributed by atoms with van der Waals surface area (Å²) in [7, 11) is 0. The van der Waals surface area contributed by atoms with Gasteiger partial charge < -0.3 is 9.15 Å². The molecule has 8 aromatic carbocycles. The molecule has 1 aliphatic rings. The van der Waals surface area contributed by atoms with Gasteiger partial charge in [-0.1, -0.05) is 103 Å². The maximum Gasteiger partial charge on any atom is 0.136 e. The highest BCUT2D eigenvalue weighted by Crippen LogP contribution is 2.49. The maximum atomic E-state index is 6.47. The molecule has 0 radical (unpaired) electrons. The molecule has 0 fully saturated rings. The van der Waals surface area contributed by atoms with Gasteiger partial charge >= 0.3 is 0 Å². The first-order valence-corrected chi connectivity index (χ1v) is 15.7. The van der Waals surface area contributed by atoms with Gasteiger partial charge in [-0.3, -0.25) is 0 Å². The predicted octanol–water partition coefficient (Wildman–Crippen LogP) is 12.7. The first-order chi connectivity index (χ1) is 22.8. The van der Waals surface area contributed by atoms with Gasteiger partial charge in [0.2, 0.25) is 0 Å². The Hall–Kier alpha value is -6.12. The Balaban J connectivity index is 1.27. The number of furan rings is 1. The summed E-state index contributed by atoms with van der Waals surface area (Å²) in [6, 6.07) is 56.2. The lowest BCUT2D eigenvalue weighted by Crippen LogP contribution is -1.97. The number of ether oxygens (including phenoxy) is 1. The zero-order chi connectivity index (χ0) is 30.2. The lowest BCUT2D eigenvalue weighted by Gasteiger charge is -2.22. The Morgan fingerprint density at radius 2 is 1.00 bits per heavy atom. The molecule has 0 amide bonds. The van der Waals surface area contributed by atoms with Crippen molar-refractivity contribution in [3.63, 3.8) is 0 Å². The van der Waals surface area contributed by atoms with Gasteiger partial charge in [-0.05, 0) is 110 Å². The standard InChI is InChI=1S/C44H26O2/c1-2-10-27(11-3-1)30-23-31(32-22-29-13-8-18-39-42(29)37(26-32)36-15-6-7-17-38(36)45-39)25-33(24-30)35-16-9-19-40-44(35)43-34-14-5-4-12-28(34)20-21-41(43)46-40/h1-26H. The molecule has 46 heavy (non-hydrogen) atoms. The van der Waals surface area contributed by atoms with Gasteiger partial charge in [0.1, 0.15) is 22.7 Å². The van der Waals surface area contributed by atoms with Gasteiger partial charge in [-0.15, -0.1) is 0 Å². The quantitative estimate of drug-likeness (QED) is 0.205. The van der Waals surface area contributed by atoms with Crippen LogP contribution in [0.3, 0.4) is 0 Å². The van der Waals surface area contributed by atoms with E-state index in [1.165, 1.54) is 44.0 Å². The molecule has 9 aromatic rings. The van der Waals surface area contributed by atoms with E-state index in [9.17, 15) is 0 Å². The molecule has 2 heterocycles. The van der Waals surface area contributed by atoms with Crippen LogP contribution < -0.4 is 4.74 Å². The Morgan fingerprint density at radius 1 is 0.326 bits per heavy atom. The highest BCUT2D eigenvalue weighted by Gasteiger charge is 2.22. The van der Waals surface area contributed by atoms with E-state index in [0.717, 1.165) is 55.5 Å². The Labute approximate surface area is 265 Å². The van der Waals surface area contributed by atoms with Gasteiger partial charge in [-0.2, -0.15) is 0 Å². The molecule has 0 bridgehead atoms. The molecule has 0 N–H and O–H groups in total. The molecule has 214 valence electrons. The van der Waals surface area contributed by atoms with E-state index in [2.05, 4.69) is 152 Å². The highest BCUT2D eigenvalue weighted by atomic mass is 16.5. The van der Waals surface area contributed by atoms with Crippen molar-refractivity contribution >= 4 is 43.5 Å². The Bertz CT molecular complexity index is 2660. The van der Waals surface area contributed by atoms with Crippen molar-refractivity contribution in [3.8, 4) is 56.0 Å². The van der Waals surface area contributed by atoms with Crippen molar-refractivity contribution in [2.75, 3.05) is 0 Å². The SMILES string of the molecule is c1ccc(-c2cc(-c3cc4c5c(cccc5c3)Oc3ccccc3-4)cc(-c3cccc4oc5ccc6ccccc6c5c34)c2)cc1. The third-order valence-corrected chi connectivity index (χ3v) is 9.41. The monoisotopic (exact) mass is 586 g/mol. The lowest BCUT2D eigenvalue weighted by atomic mass is 9.88. The van der Waals surface area contributed by atoms with E-state index in [-0.39, 0.29) is 0 Å². The van der Waals surface area contributed by atoms with Crippen molar-refractivity contribution in [2.24, 2.45) is 0 Å². The summed E-state index contributed by atoms with van der Waals surface area (Å²) in [6.07, 6.45) is 0. The molecule has 10 rings (SSSR count). The first kappa shape index (κ1) is 25.2. The second kappa shape index (κ2) is 9.69. The van der Waals surface area contributed by atoms with E-state index in [0.29, 0.717) is 0 Å². The number of hydrogen-bond acceptors (Lipinski definition) is 2. The fourth-order valence-corrected chi connectivity index (χ4v) is 7.33. The molecule has 0 spiro atoms. The van der Waals surface area contributed by atoms with Crippen molar-refractivity contribution in [1.82, 2.24) is 0 Å². The minimum Gasteiger partial charge on any atom is -0.456 e. The fraction of sp³-hybridized carbons (Fsp3) is 0. The van der Waals surface area contributed by atoms with Crippen LogP contribution in [0.4, 0.5) is 0 Å². The van der Waals surface area contributed by atoms with Gasteiger partial charge in [0.25, 0.3) is 0 Å². The summed E-state index contributed by atoms with van der Waals surface area (Å²) in [4.78, 5) is 0. The van der Waals surface area contributed by atoms with Gasteiger partial charge in [-0.25, -0.2) is 0 Å². The van der Waals surface area contributed by atoms with Crippen LogP contribution in [0.15, 0.2) is 162 Å². The molecule has 0 saturated heterocycles. The lowest BCUT2D eigenvalue weighted by molar-refractivity contribution is 0.487. The van der Waals surface area contributed by atoms with Crippen molar-refractivity contribution in [2.45, 2.75) is 0 Å². The highest BCUT2D eigenvalue weighted by molar-refractivity contribution is 6.22. The summed E-state index contributed by atoms with van der Waals surface area (Å²) in [6.45, 7) is 0. The van der Waals surface area contributed by atoms with E-state index in [1.54, 1.807) is 0 Å². The second-order valence-corrected chi connectivity index (χ2v) is 12.1. The predicted molar refractivity (Wildman–Crippen MR) is 191 cm³/mol. The zero-order valence-corrected chi connectivity index (χ0v) is 24.8. The summed E-state index contributed by atoms with van der Waals surface area (Å²) in [5.74, 6) is 1.80. The van der Waals surface area contributed by atoms with Crippen molar-refractivity contribution in [1.29, 1.82) is 0 Å². The topological polar surface area (TPSA) is 22.4 Å². The number of fused-ring (bicyclic) bond motifs is 7. The molecule has 0 saturated carbocycles. The minimum absolute atomic E-state index is 0.893. The summed E-state index contributed by atoms with van der Waals surface area (Å²) < 4.78 is 12.8. The Kier molecular flexibility index (Phi) is 5.31. The number of para-hydroxylation sites is 1. The smallest absolute Gasteiger partial charge is 0.136 e. The Morgan fingerprint density at radius 3 is 1.93 bits per heavy atom. The van der Waals surface area contributed by atoms with Crippen molar-refractivity contribution in [3.05, 3.63) is 158 Å². The fourth-order valence-electron chi connectivity index (χ4n) is 7.33. The molecular weight excluding hydrogens is 560 g/mol. The third-order valence-electron chi connectivity index (χ3n) is 9.41. The van der Waals surface area contributed by atoms with Crippen LogP contribution in [0.25, 0.3) is 88.0 Å². The van der Waals surface area contributed by atoms with Crippen LogP contribution in [0.2, 0.25) is 0 Å². The van der Waals surface area contributed by atoms with Gasteiger partial charge in [0, 0.05) is 21.7 Å². The molecule has 0 aliphatic carbocycles. The van der Waals surface area contributed by atoms with Gasteiger partial charge in [0.15, 0.2) is 0 Å². The largest absolute Gasteiger partial charge is 0.456 e. The van der Waals surface area contributed by atoms with E-state index < -0.39 is 0 Å². The van der Waals surface area contributed by atoms with Crippen molar-refractivity contribution < 1.29 is 9.15 Å². The number of benzene rings is 8. The molecule has 1 aromatic heterocycles. The number of rotatable bonds is 3. The minimum atomic E-state index is 0.893. The molecule has 0 atom stereocenters. The van der Waals surface area contributed by atoms with E-state index in [1.807, 2.05) is 6.07 Å². The summed E-state index contributed by atoms with van der Waals surface area (Å²) in [5.41, 5.74) is 11.1. The molecule has 1 aliphatic heterocycles. The average Bonchev–Trinajstić information content (AvgIpc) is 3.51. The third kappa shape index (κ3) is 3.77. The zero-order valence-electron chi connectivity index (χ0n) is 24.8. The number of hydrogen-bond donors (Lipinski definition) is 0. The molecular formula is C44H26O2. The maximum absolute atomic E-state index is 6.47.